The minimum absolute atomic E-state index is 0.00574. The van der Waals surface area contributed by atoms with Crippen molar-refractivity contribution in [1.29, 1.82) is 0 Å². The average Bonchev–Trinajstić information content (AvgIpc) is 2.23. The first kappa shape index (κ1) is 12.0. The van der Waals surface area contributed by atoms with Gasteiger partial charge in [0.15, 0.2) is 0 Å². The molecule has 0 saturated carbocycles. The van der Waals surface area contributed by atoms with Gasteiger partial charge in [-0.3, -0.25) is 9.59 Å². The first-order valence-corrected chi connectivity index (χ1v) is 4.85. The third-order valence-electron chi connectivity index (χ3n) is 2.14. The summed E-state index contributed by atoms with van der Waals surface area (Å²) >= 11 is 0. The Labute approximate surface area is 93.8 Å². The summed E-state index contributed by atoms with van der Waals surface area (Å²) in [5, 5.41) is 0. The topological polar surface area (TPSA) is 68.3 Å². The highest BCUT2D eigenvalue weighted by Crippen LogP contribution is 1.97. The van der Waals surface area contributed by atoms with Crippen LogP contribution in [-0.2, 0) is 11.3 Å². The van der Waals surface area contributed by atoms with Gasteiger partial charge in [-0.05, 0) is 6.07 Å². The predicted octanol–water partition coefficient (Wildman–Crippen LogP) is 0.0749. The zero-order valence-corrected chi connectivity index (χ0v) is 9.22. The van der Waals surface area contributed by atoms with Crippen LogP contribution in [0.3, 0.4) is 0 Å². The van der Waals surface area contributed by atoms with Crippen LogP contribution in [0.25, 0.3) is 0 Å². The van der Waals surface area contributed by atoms with Crippen molar-refractivity contribution in [3.05, 3.63) is 41.3 Å². The third kappa shape index (κ3) is 2.98. The lowest BCUT2D eigenvalue weighted by Crippen LogP contribution is -2.33. The number of likely N-dealkylation sites (N-methyl/N-ethyl adjacent to an activating group) is 1. The highest BCUT2D eigenvalue weighted by atomic mass is 16.2. The summed E-state index contributed by atoms with van der Waals surface area (Å²) in [6.07, 6.45) is 3.09. The number of hydrogen-bond acceptors (Lipinski definition) is 3. The zero-order chi connectivity index (χ0) is 12.1. The Bertz CT molecular complexity index is 451. The Morgan fingerprint density at radius 3 is 2.94 bits per heavy atom. The molecule has 2 N–H and O–H groups in total. The molecule has 5 heteroatoms. The van der Waals surface area contributed by atoms with E-state index in [0.29, 0.717) is 12.2 Å². The van der Waals surface area contributed by atoms with Crippen LogP contribution in [0.4, 0.5) is 5.69 Å². The molecule has 5 nitrogen and oxygen atoms in total. The first-order valence-electron chi connectivity index (χ1n) is 4.85. The fraction of sp³-hybridized carbons (Fsp3) is 0.273. The van der Waals surface area contributed by atoms with Gasteiger partial charge < -0.3 is 15.2 Å². The van der Waals surface area contributed by atoms with Crippen molar-refractivity contribution in [3.63, 3.8) is 0 Å². The summed E-state index contributed by atoms with van der Waals surface area (Å²) in [4.78, 5) is 24.5. The Balaban J connectivity index is 2.80. The van der Waals surface area contributed by atoms with Crippen LogP contribution in [0.2, 0.25) is 0 Å². The minimum atomic E-state index is -0.241. The van der Waals surface area contributed by atoms with Gasteiger partial charge in [0.25, 0.3) is 5.56 Å². The van der Waals surface area contributed by atoms with Crippen molar-refractivity contribution < 1.29 is 4.79 Å². The van der Waals surface area contributed by atoms with E-state index in [9.17, 15) is 9.59 Å². The lowest BCUT2D eigenvalue weighted by Gasteiger charge is -2.15. The van der Waals surface area contributed by atoms with E-state index in [0.717, 1.165) is 0 Å². The summed E-state index contributed by atoms with van der Waals surface area (Å²) in [6.45, 7) is 3.99. The van der Waals surface area contributed by atoms with Crippen molar-refractivity contribution in [2.75, 3.05) is 19.3 Å². The van der Waals surface area contributed by atoms with Crippen LogP contribution in [-0.4, -0.2) is 29.0 Å². The molecule has 0 fully saturated rings. The number of nitrogens with zero attached hydrogens (tertiary/aromatic N) is 2. The molecule has 1 heterocycles. The highest BCUT2D eigenvalue weighted by molar-refractivity contribution is 5.75. The second-order valence-electron chi connectivity index (χ2n) is 3.49. The van der Waals surface area contributed by atoms with Gasteiger partial charge in [0.05, 0.1) is 0 Å². The van der Waals surface area contributed by atoms with Gasteiger partial charge in [-0.1, -0.05) is 6.08 Å². The molecular formula is C11H15N3O2. The molecule has 1 rings (SSSR count). The monoisotopic (exact) mass is 221 g/mol. The van der Waals surface area contributed by atoms with Gasteiger partial charge >= 0.3 is 0 Å². The predicted molar refractivity (Wildman–Crippen MR) is 62.9 cm³/mol. The average molecular weight is 221 g/mol. The Hall–Kier alpha value is -2.04. The number of nitrogen functional groups attached to an aromatic ring is 1. The maximum absolute atomic E-state index is 11.6. The molecule has 1 amide bonds. The summed E-state index contributed by atoms with van der Waals surface area (Å²) in [7, 11) is 1.65. The second-order valence-corrected chi connectivity index (χ2v) is 3.49. The summed E-state index contributed by atoms with van der Waals surface area (Å²) < 4.78 is 1.29. The highest BCUT2D eigenvalue weighted by Gasteiger charge is 2.08. The van der Waals surface area contributed by atoms with Crippen molar-refractivity contribution in [2.45, 2.75) is 6.54 Å². The summed E-state index contributed by atoms with van der Waals surface area (Å²) in [5.41, 5.74) is 5.75. The van der Waals surface area contributed by atoms with Gasteiger partial charge in [0.1, 0.15) is 6.54 Å². The Morgan fingerprint density at radius 2 is 2.31 bits per heavy atom. The van der Waals surface area contributed by atoms with E-state index in [4.69, 9.17) is 5.73 Å². The number of anilines is 1. The van der Waals surface area contributed by atoms with E-state index < -0.39 is 0 Å². The number of carbonyl (C=O) groups is 1. The fourth-order valence-corrected chi connectivity index (χ4v) is 1.24. The second kappa shape index (κ2) is 5.16. The number of amides is 1. The molecule has 1 aromatic heterocycles. The van der Waals surface area contributed by atoms with Crippen molar-refractivity contribution in [1.82, 2.24) is 9.47 Å². The molecule has 0 unspecified atom stereocenters. The van der Waals surface area contributed by atoms with E-state index in [1.165, 1.54) is 27.8 Å². The van der Waals surface area contributed by atoms with E-state index in [2.05, 4.69) is 6.58 Å². The number of rotatable bonds is 4. The van der Waals surface area contributed by atoms with Crippen LogP contribution in [0.5, 0.6) is 0 Å². The summed E-state index contributed by atoms with van der Waals surface area (Å²) in [5.74, 6) is -0.160. The van der Waals surface area contributed by atoms with Gasteiger partial charge in [-0.25, -0.2) is 0 Å². The number of pyridine rings is 1. The zero-order valence-electron chi connectivity index (χ0n) is 9.22. The molecule has 1 aromatic rings. The Kier molecular flexibility index (Phi) is 3.88. The SMILES string of the molecule is C=CCN(C)C(=O)Cn1cc(N)ccc1=O. The van der Waals surface area contributed by atoms with Gasteiger partial charge in [0.2, 0.25) is 5.91 Å². The molecule has 0 aliphatic carbocycles. The molecule has 16 heavy (non-hydrogen) atoms. The lowest BCUT2D eigenvalue weighted by molar-refractivity contribution is -0.130. The van der Waals surface area contributed by atoms with Gasteiger partial charge in [-0.2, -0.15) is 0 Å². The lowest BCUT2D eigenvalue weighted by atomic mass is 10.4. The fourth-order valence-electron chi connectivity index (χ4n) is 1.24. The standard InChI is InChI=1S/C11H15N3O2/c1-3-6-13(2)11(16)8-14-7-9(12)4-5-10(14)15/h3-5,7H,1,6,8,12H2,2H3. The Morgan fingerprint density at radius 1 is 1.62 bits per heavy atom. The van der Waals surface area contributed by atoms with Gasteiger partial charge in [0, 0.05) is 31.5 Å². The van der Waals surface area contributed by atoms with Gasteiger partial charge in [-0.15, -0.1) is 6.58 Å². The van der Waals surface area contributed by atoms with E-state index >= 15 is 0 Å². The van der Waals surface area contributed by atoms with Crippen LogP contribution in [0, 0.1) is 0 Å². The molecule has 0 aliphatic heterocycles. The smallest absolute Gasteiger partial charge is 0.251 e. The van der Waals surface area contributed by atoms with Crippen LogP contribution in [0.1, 0.15) is 0 Å². The number of nitrogens with two attached hydrogens (primary N) is 1. The molecule has 0 aliphatic rings. The number of hydrogen-bond donors (Lipinski definition) is 1. The molecule has 0 spiro atoms. The molecule has 0 aromatic carbocycles. The minimum Gasteiger partial charge on any atom is -0.398 e. The third-order valence-corrected chi connectivity index (χ3v) is 2.14. The molecular weight excluding hydrogens is 206 g/mol. The van der Waals surface area contributed by atoms with E-state index in [-0.39, 0.29) is 18.0 Å². The summed E-state index contributed by atoms with van der Waals surface area (Å²) in [6, 6.07) is 2.85. The molecule has 0 bridgehead atoms. The van der Waals surface area contributed by atoms with Crippen LogP contribution >= 0.6 is 0 Å². The molecule has 0 radical (unpaired) electrons. The maximum Gasteiger partial charge on any atom is 0.251 e. The first-order chi connectivity index (χ1) is 7.54. The van der Waals surface area contributed by atoms with Crippen molar-refractivity contribution >= 4 is 11.6 Å². The maximum atomic E-state index is 11.6. The normalized spacial score (nSPS) is 9.81. The van der Waals surface area contributed by atoms with Crippen molar-refractivity contribution in [3.8, 4) is 0 Å². The van der Waals surface area contributed by atoms with Crippen LogP contribution < -0.4 is 11.3 Å². The quantitative estimate of drug-likeness (QED) is 0.732. The largest absolute Gasteiger partial charge is 0.398 e. The van der Waals surface area contributed by atoms with Crippen LogP contribution in [0.15, 0.2) is 35.8 Å². The van der Waals surface area contributed by atoms with E-state index in [1.807, 2.05) is 0 Å². The molecule has 0 atom stereocenters. The van der Waals surface area contributed by atoms with Crippen molar-refractivity contribution in [2.24, 2.45) is 0 Å². The van der Waals surface area contributed by atoms with E-state index in [1.54, 1.807) is 13.1 Å². The molecule has 86 valence electrons. The number of carbonyl (C=O) groups excluding carboxylic acids is 1. The number of aromatic nitrogens is 1. The molecule has 0 saturated heterocycles.